The van der Waals surface area contributed by atoms with Crippen molar-refractivity contribution in [3.05, 3.63) is 77.5 Å². The van der Waals surface area contributed by atoms with Gasteiger partial charge < -0.3 is 0 Å². The number of fused-ring (bicyclic) bond motifs is 1. The van der Waals surface area contributed by atoms with Gasteiger partial charge in [-0.2, -0.15) is 9.40 Å². The number of sulfonamides is 1. The molecule has 8 heteroatoms. The van der Waals surface area contributed by atoms with E-state index in [1.807, 2.05) is 48.5 Å². The van der Waals surface area contributed by atoms with Gasteiger partial charge in [0.1, 0.15) is 0 Å². The van der Waals surface area contributed by atoms with E-state index < -0.39 is 10.0 Å². The van der Waals surface area contributed by atoms with Crippen LogP contribution in [0.5, 0.6) is 0 Å². The Morgan fingerprint density at radius 1 is 1.07 bits per heavy atom. The summed E-state index contributed by atoms with van der Waals surface area (Å²) in [6, 6.07) is 18.4. The van der Waals surface area contributed by atoms with Crippen LogP contribution in [0.1, 0.15) is 30.2 Å². The lowest BCUT2D eigenvalue weighted by atomic mass is 10.2. The number of H-pyrrole nitrogens is 1. The Hall–Kier alpha value is -2.97. The number of hydrogen-bond donors (Lipinski definition) is 1. The summed E-state index contributed by atoms with van der Waals surface area (Å²) >= 11 is 0. The minimum absolute atomic E-state index is 0.0584. The standard InChI is InChI=1S/C21H22N4O3S/c1-2-20(26)25(17-11-7-4-8-12-17)21-18-13-24(14-19(18)22-23-21)29(27,28)15-16-9-5-3-6-10-16/h3-12H,2,13-15H2,1H3,(H,22,23). The van der Waals surface area contributed by atoms with Gasteiger partial charge in [-0.3, -0.25) is 14.8 Å². The topological polar surface area (TPSA) is 86.4 Å². The molecule has 0 saturated heterocycles. The van der Waals surface area contributed by atoms with Crippen LogP contribution in [0.4, 0.5) is 11.5 Å². The molecule has 1 aromatic heterocycles. The molecule has 150 valence electrons. The monoisotopic (exact) mass is 410 g/mol. The lowest BCUT2D eigenvalue weighted by molar-refractivity contribution is -0.117. The molecule has 0 atom stereocenters. The van der Waals surface area contributed by atoms with E-state index in [9.17, 15) is 13.2 Å². The fraction of sp³-hybridized carbons (Fsp3) is 0.238. The fourth-order valence-electron chi connectivity index (χ4n) is 3.47. The summed E-state index contributed by atoms with van der Waals surface area (Å²) in [6.07, 6.45) is 0.312. The second-order valence-corrected chi connectivity index (χ2v) is 8.90. The van der Waals surface area contributed by atoms with Crippen LogP contribution in [0.25, 0.3) is 0 Å². The maximum atomic E-state index is 12.9. The van der Waals surface area contributed by atoms with Gasteiger partial charge in [0.15, 0.2) is 5.82 Å². The Labute approximate surface area is 170 Å². The average Bonchev–Trinajstić information content (AvgIpc) is 3.32. The molecule has 0 spiro atoms. The molecule has 1 aliphatic rings. The van der Waals surface area contributed by atoms with E-state index in [-0.39, 0.29) is 24.7 Å². The second-order valence-electron chi connectivity index (χ2n) is 6.93. The van der Waals surface area contributed by atoms with Gasteiger partial charge in [0.2, 0.25) is 15.9 Å². The van der Waals surface area contributed by atoms with Crippen molar-refractivity contribution < 1.29 is 13.2 Å². The number of aromatic nitrogens is 2. The number of hydrogen-bond acceptors (Lipinski definition) is 4. The number of rotatable bonds is 6. The normalized spacial score (nSPS) is 14.0. The highest BCUT2D eigenvalue weighted by molar-refractivity contribution is 7.88. The number of amides is 1. The van der Waals surface area contributed by atoms with E-state index in [1.54, 1.807) is 24.0 Å². The predicted molar refractivity (Wildman–Crippen MR) is 111 cm³/mol. The highest BCUT2D eigenvalue weighted by Crippen LogP contribution is 2.35. The van der Waals surface area contributed by atoms with Gasteiger partial charge in [-0.15, -0.1) is 0 Å². The molecule has 0 unspecified atom stereocenters. The molecule has 0 fully saturated rings. The number of carbonyl (C=O) groups is 1. The van der Waals surface area contributed by atoms with Gasteiger partial charge in [0.05, 0.1) is 23.7 Å². The van der Waals surface area contributed by atoms with E-state index in [2.05, 4.69) is 10.2 Å². The minimum Gasteiger partial charge on any atom is -0.279 e. The maximum Gasteiger partial charge on any atom is 0.232 e. The van der Waals surface area contributed by atoms with Crippen molar-refractivity contribution >= 4 is 27.4 Å². The first-order chi connectivity index (χ1) is 14.0. The summed E-state index contributed by atoms with van der Waals surface area (Å²) in [5.41, 5.74) is 2.92. The zero-order chi connectivity index (χ0) is 20.4. The molecule has 7 nitrogen and oxygen atoms in total. The van der Waals surface area contributed by atoms with Gasteiger partial charge in [-0.05, 0) is 17.7 Å². The summed E-state index contributed by atoms with van der Waals surface area (Å²) in [5.74, 6) is 0.309. The van der Waals surface area contributed by atoms with Crippen LogP contribution in [0.3, 0.4) is 0 Å². The van der Waals surface area contributed by atoms with Crippen LogP contribution in [-0.2, 0) is 33.7 Å². The van der Waals surface area contributed by atoms with Crippen LogP contribution in [0, 0.1) is 0 Å². The molecule has 0 saturated carbocycles. The Morgan fingerprint density at radius 2 is 1.72 bits per heavy atom. The molecular formula is C21H22N4O3S. The van der Waals surface area contributed by atoms with Crippen LogP contribution < -0.4 is 4.90 Å². The molecular weight excluding hydrogens is 388 g/mol. The van der Waals surface area contributed by atoms with Crippen molar-refractivity contribution in [1.82, 2.24) is 14.5 Å². The summed E-state index contributed by atoms with van der Waals surface area (Å²) in [4.78, 5) is 14.2. The molecule has 2 heterocycles. The van der Waals surface area contributed by atoms with Crippen molar-refractivity contribution in [2.75, 3.05) is 4.90 Å². The molecule has 0 aliphatic carbocycles. The number of benzene rings is 2. The Morgan fingerprint density at radius 3 is 2.38 bits per heavy atom. The lowest BCUT2D eigenvalue weighted by Crippen LogP contribution is -2.29. The van der Waals surface area contributed by atoms with Crippen molar-refractivity contribution in [1.29, 1.82) is 0 Å². The Kier molecular flexibility index (Phi) is 5.21. The molecule has 1 N–H and O–H groups in total. The summed E-state index contributed by atoms with van der Waals surface area (Å²) < 4.78 is 27.3. The third kappa shape index (κ3) is 3.81. The minimum atomic E-state index is -3.50. The Bertz CT molecular complexity index is 1110. The van der Waals surface area contributed by atoms with E-state index >= 15 is 0 Å². The van der Waals surface area contributed by atoms with Gasteiger partial charge in [-0.25, -0.2) is 8.42 Å². The molecule has 1 aliphatic heterocycles. The molecule has 1 amide bonds. The van der Waals surface area contributed by atoms with E-state index in [0.29, 0.717) is 17.9 Å². The van der Waals surface area contributed by atoms with Crippen LogP contribution in [0.2, 0.25) is 0 Å². The average molecular weight is 410 g/mol. The van der Waals surface area contributed by atoms with Gasteiger partial charge in [0.25, 0.3) is 0 Å². The SMILES string of the molecule is CCC(=O)N(c1ccccc1)c1n[nH]c2c1CN(S(=O)(=O)Cc1ccccc1)C2. The van der Waals surface area contributed by atoms with E-state index in [0.717, 1.165) is 16.8 Å². The van der Waals surface area contributed by atoms with Crippen molar-refractivity contribution in [2.45, 2.75) is 32.2 Å². The first kappa shape index (κ1) is 19.4. The quantitative estimate of drug-likeness (QED) is 0.675. The molecule has 3 aromatic rings. The lowest BCUT2D eigenvalue weighted by Gasteiger charge is -2.22. The molecule has 0 radical (unpaired) electrons. The highest BCUT2D eigenvalue weighted by atomic mass is 32.2. The summed E-state index contributed by atoms with van der Waals surface area (Å²) in [5, 5.41) is 7.27. The number of anilines is 2. The molecule has 4 rings (SSSR count). The summed E-state index contributed by atoms with van der Waals surface area (Å²) in [6.45, 7) is 2.21. The predicted octanol–water partition coefficient (Wildman–Crippen LogP) is 3.33. The first-order valence-electron chi connectivity index (χ1n) is 9.45. The molecule has 29 heavy (non-hydrogen) atoms. The van der Waals surface area contributed by atoms with Crippen molar-refractivity contribution in [3.8, 4) is 0 Å². The van der Waals surface area contributed by atoms with Crippen LogP contribution in [0.15, 0.2) is 60.7 Å². The number of aromatic amines is 1. The van der Waals surface area contributed by atoms with Crippen molar-refractivity contribution in [2.24, 2.45) is 0 Å². The van der Waals surface area contributed by atoms with Crippen molar-refractivity contribution in [3.63, 3.8) is 0 Å². The molecule has 0 bridgehead atoms. The van der Waals surface area contributed by atoms with Gasteiger partial charge in [0, 0.05) is 18.5 Å². The number of para-hydroxylation sites is 1. The first-order valence-corrected chi connectivity index (χ1v) is 11.1. The highest BCUT2D eigenvalue weighted by Gasteiger charge is 2.35. The largest absolute Gasteiger partial charge is 0.279 e. The summed E-state index contributed by atoms with van der Waals surface area (Å²) in [7, 11) is -3.50. The zero-order valence-corrected chi connectivity index (χ0v) is 16.9. The fourth-order valence-corrected chi connectivity index (χ4v) is 4.92. The van der Waals surface area contributed by atoms with Crippen LogP contribution in [-0.4, -0.2) is 28.8 Å². The number of nitrogens with zero attached hydrogens (tertiary/aromatic N) is 3. The van der Waals surface area contributed by atoms with Gasteiger partial charge in [-0.1, -0.05) is 55.5 Å². The third-order valence-electron chi connectivity index (χ3n) is 4.96. The molecule has 2 aromatic carbocycles. The smallest absolute Gasteiger partial charge is 0.232 e. The number of carbonyl (C=O) groups excluding carboxylic acids is 1. The van der Waals surface area contributed by atoms with E-state index in [4.69, 9.17) is 0 Å². The number of nitrogens with one attached hydrogen (secondary N) is 1. The van der Waals surface area contributed by atoms with Crippen LogP contribution >= 0.6 is 0 Å². The second kappa shape index (κ2) is 7.81. The Balaban J connectivity index is 1.63. The zero-order valence-electron chi connectivity index (χ0n) is 16.1. The maximum absolute atomic E-state index is 12.9. The van der Waals surface area contributed by atoms with E-state index in [1.165, 1.54) is 4.31 Å². The van der Waals surface area contributed by atoms with Gasteiger partial charge >= 0.3 is 0 Å². The third-order valence-corrected chi connectivity index (χ3v) is 6.71.